The summed E-state index contributed by atoms with van der Waals surface area (Å²) in [7, 11) is 2.89. The van der Waals surface area contributed by atoms with Crippen molar-refractivity contribution >= 4 is 5.91 Å². The number of hydrogen-bond acceptors (Lipinski definition) is 4. The molecule has 5 nitrogen and oxygen atoms in total. The monoisotopic (exact) mass is 365 g/mol. The van der Waals surface area contributed by atoms with Crippen molar-refractivity contribution < 1.29 is 27.8 Å². The molecule has 7 heteroatoms. The van der Waals surface area contributed by atoms with Gasteiger partial charge >= 0.3 is 6.61 Å². The van der Waals surface area contributed by atoms with Crippen LogP contribution in [-0.2, 0) is 0 Å². The minimum Gasteiger partial charge on any atom is -0.493 e. The third-order valence-electron chi connectivity index (χ3n) is 3.76. The van der Waals surface area contributed by atoms with Crippen LogP contribution in [0.25, 0.3) is 0 Å². The van der Waals surface area contributed by atoms with E-state index >= 15 is 0 Å². The second-order valence-corrected chi connectivity index (χ2v) is 5.56. The first kappa shape index (κ1) is 19.5. The summed E-state index contributed by atoms with van der Waals surface area (Å²) < 4.78 is 40.5. The summed E-state index contributed by atoms with van der Waals surface area (Å²) in [6, 6.07) is 12.0. The lowest BCUT2D eigenvalue weighted by Crippen LogP contribution is -2.31. The number of carbonyl (C=O) groups excluding carboxylic acids is 1. The minimum absolute atomic E-state index is 0.00282. The number of rotatable bonds is 8. The Morgan fingerprint density at radius 1 is 1.12 bits per heavy atom. The van der Waals surface area contributed by atoms with Crippen molar-refractivity contribution in [2.45, 2.75) is 13.5 Å². The number of benzene rings is 2. The van der Waals surface area contributed by atoms with Crippen LogP contribution in [0, 0.1) is 6.92 Å². The smallest absolute Gasteiger partial charge is 0.387 e. The Hall–Kier alpha value is -2.83. The molecule has 0 heterocycles. The molecule has 0 bridgehead atoms. The van der Waals surface area contributed by atoms with Crippen LogP contribution in [-0.4, -0.2) is 44.7 Å². The van der Waals surface area contributed by atoms with E-state index in [0.717, 1.165) is 11.3 Å². The Kier molecular flexibility index (Phi) is 6.77. The van der Waals surface area contributed by atoms with Crippen molar-refractivity contribution in [1.82, 2.24) is 4.90 Å². The molecule has 2 aromatic rings. The van der Waals surface area contributed by atoms with Crippen LogP contribution in [0.3, 0.4) is 0 Å². The lowest BCUT2D eigenvalue weighted by Gasteiger charge is -2.20. The first-order valence-corrected chi connectivity index (χ1v) is 7.99. The first-order chi connectivity index (χ1) is 12.4. The van der Waals surface area contributed by atoms with Crippen molar-refractivity contribution in [2.75, 3.05) is 27.3 Å². The third kappa shape index (κ3) is 4.84. The fourth-order valence-electron chi connectivity index (χ4n) is 2.37. The minimum atomic E-state index is -3.06. The van der Waals surface area contributed by atoms with E-state index in [-0.39, 0.29) is 30.2 Å². The van der Waals surface area contributed by atoms with Gasteiger partial charge in [0.2, 0.25) is 0 Å². The summed E-state index contributed by atoms with van der Waals surface area (Å²) in [5.74, 6) is 0.0618. The van der Waals surface area contributed by atoms with Crippen LogP contribution in [0.5, 0.6) is 17.2 Å². The van der Waals surface area contributed by atoms with Gasteiger partial charge < -0.3 is 19.1 Å². The Morgan fingerprint density at radius 3 is 2.46 bits per heavy atom. The highest BCUT2D eigenvalue weighted by atomic mass is 19.3. The summed E-state index contributed by atoms with van der Waals surface area (Å²) in [5.41, 5.74) is 0.991. The van der Waals surface area contributed by atoms with E-state index in [0.29, 0.717) is 0 Å². The van der Waals surface area contributed by atoms with Gasteiger partial charge in [-0.3, -0.25) is 4.79 Å². The maximum Gasteiger partial charge on any atom is 0.387 e. The number of amides is 1. The lowest BCUT2D eigenvalue weighted by atomic mass is 10.1. The molecule has 0 spiro atoms. The predicted molar refractivity (Wildman–Crippen MR) is 93.3 cm³/mol. The van der Waals surface area contributed by atoms with E-state index in [1.807, 2.05) is 31.2 Å². The highest BCUT2D eigenvalue weighted by Crippen LogP contribution is 2.33. The zero-order chi connectivity index (χ0) is 19.1. The van der Waals surface area contributed by atoms with Crippen molar-refractivity contribution in [2.24, 2.45) is 0 Å². The number of likely N-dealkylation sites (N-methyl/N-ethyl adjacent to an activating group) is 1. The van der Waals surface area contributed by atoms with Crippen LogP contribution in [0.15, 0.2) is 42.5 Å². The average Bonchev–Trinajstić information content (AvgIpc) is 2.62. The van der Waals surface area contributed by atoms with Crippen LogP contribution in [0.1, 0.15) is 15.9 Å². The molecule has 0 radical (unpaired) electrons. The van der Waals surface area contributed by atoms with E-state index in [9.17, 15) is 13.6 Å². The van der Waals surface area contributed by atoms with Crippen molar-refractivity contribution in [3.63, 3.8) is 0 Å². The second-order valence-electron chi connectivity index (χ2n) is 5.56. The van der Waals surface area contributed by atoms with E-state index in [1.165, 1.54) is 24.1 Å². The zero-order valence-electron chi connectivity index (χ0n) is 14.9. The lowest BCUT2D eigenvalue weighted by molar-refractivity contribution is -0.0516. The number of para-hydroxylation sites is 2. The number of alkyl halides is 2. The van der Waals surface area contributed by atoms with Gasteiger partial charge in [0.25, 0.3) is 5.91 Å². The average molecular weight is 365 g/mol. The molecule has 26 heavy (non-hydrogen) atoms. The van der Waals surface area contributed by atoms with Gasteiger partial charge in [-0.2, -0.15) is 8.78 Å². The third-order valence-corrected chi connectivity index (χ3v) is 3.76. The van der Waals surface area contributed by atoms with Crippen molar-refractivity contribution in [3.8, 4) is 17.2 Å². The van der Waals surface area contributed by atoms with E-state index in [2.05, 4.69) is 4.74 Å². The molecular formula is C19H21F2NO4. The summed E-state index contributed by atoms with van der Waals surface area (Å²) in [5, 5.41) is 0. The van der Waals surface area contributed by atoms with Gasteiger partial charge in [0.05, 0.1) is 19.2 Å². The van der Waals surface area contributed by atoms with Crippen LogP contribution in [0.2, 0.25) is 0 Å². The highest BCUT2D eigenvalue weighted by molar-refractivity contribution is 5.97. The maximum absolute atomic E-state index is 12.7. The van der Waals surface area contributed by atoms with Gasteiger partial charge in [-0.05, 0) is 30.7 Å². The number of ether oxygens (including phenoxy) is 3. The number of hydrogen-bond donors (Lipinski definition) is 0. The fourth-order valence-corrected chi connectivity index (χ4v) is 2.37. The number of halogens is 2. The van der Waals surface area contributed by atoms with E-state index in [4.69, 9.17) is 9.47 Å². The number of aryl methyl sites for hydroxylation is 1. The van der Waals surface area contributed by atoms with E-state index in [1.54, 1.807) is 13.1 Å². The molecule has 0 aromatic heterocycles. The fraction of sp³-hybridized carbons (Fsp3) is 0.316. The maximum atomic E-state index is 12.7. The Balaban J connectivity index is 2.07. The molecule has 0 unspecified atom stereocenters. The molecule has 0 fully saturated rings. The molecule has 0 N–H and O–H groups in total. The summed E-state index contributed by atoms with van der Waals surface area (Å²) in [4.78, 5) is 14.0. The summed E-state index contributed by atoms with van der Waals surface area (Å²) in [6.07, 6.45) is 0. The topological polar surface area (TPSA) is 48.0 Å². The SMILES string of the molecule is COc1cccc(C(=O)N(C)CCOc2ccccc2C)c1OC(F)F. The van der Waals surface area contributed by atoms with Gasteiger partial charge in [-0.15, -0.1) is 0 Å². The Labute approximate surface area is 151 Å². The standard InChI is InChI=1S/C19H21F2NO4/c1-13-7-4-5-9-15(13)25-12-11-22(2)18(23)14-8-6-10-16(24-3)17(14)26-19(20)21/h4-10,19H,11-12H2,1-3H3. The van der Waals surface area contributed by atoms with Crippen molar-refractivity contribution in [3.05, 3.63) is 53.6 Å². The molecule has 2 aromatic carbocycles. The summed E-state index contributed by atoms with van der Waals surface area (Å²) in [6.45, 7) is -0.595. The van der Waals surface area contributed by atoms with E-state index < -0.39 is 12.5 Å². The van der Waals surface area contributed by atoms with Crippen LogP contribution >= 0.6 is 0 Å². The quantitative estimate of drug-likeness (QED) is 0.715. The first-order valence-electron chi connectivity index (χ1n) is 7.99. The molecule has 0 aliphatic rings. The molecule has 0 aliphatic carbocycles. The number of carbonyl (C=O) groups is 1. The number of nitrogens with zero attached hydrogens (tertiary/aromatic N) is 1. The highest BCUT2D eigenvalue weighted by Gasteiger charge is 2.22. The Morgan fingerprint density at radius 2 is 1.81 bits per heavy atom. The zero-order valence-corrected chi connectivity index (χ0v) is 14.9. The molecule has 140 valence electrons. The molecular weight excluding hydrogens is 344 g/mol. The molecule has 0 atom stereocenters. The summed E-state index contributed by atoms with van der Waals surface area (Å²) >= 11 is 0. The van der Waals surface area contributed by atoms with Crippen LogP contribution in [0.4, 0.5) is 8.78 Å². The molecule has 2 rings (SSSR count). The second kappa shape index (κ2) is 9.03. The normalized spacial score (nSPS) is 10.5. The van der Waals surface area contributed by atoms with Gasteiger partial charge in [0, 0.05) is 7.05 Å². The van der Waals surface area contributed by atoms with Gasteiger partial charge in [0.1, 0.15) is 12.4 Å². The molecule has 1 amide bonds. The van der Waals surface area contributed by atoms with Gasteiger partial charge in [-0.1, -0.05) is 24.3 Å². The molecule has 0 saturated carbocycles. The predicted octanol–water partition coefficient (Wildman–Crippen LogP) is 3.76. The van der Waals surface area contributed by atoms with Gasteiger partial charge in [0.15, 0.2) is 11.5 Å². The largest absolute Gasteiger partial charge is 0.493 e. The molecule has 0 saturated heterocycles. The van der Waals surface area contributed by atoms with Gasteiger partial charge in [-0.25, -0.2) is 0 Å². The Bertz CT molecular complexity index is 752. The van der Waals surface area contributed by atoms with Crippen LogP contribution < -0.4 is 14.2 Å². The number of methoxy groups -OCH3 is 1. The van der Waals surface area contributed by atoms with Crippen molar-refractivity contribution in [1.29, 1.82) is 0 Å². The molecule has 0 aliphatic heterocycles.